The Morgan fingerprint density at radius 3 is 3.00 bits per heavy atom. The van der Waals surface area contributed by atoms with Gasteiger partial charge < -0.3 is 14.6 Å². The van der Waals surface area contributed by atoms with Crippen molar-refractivity contribution in [3.63, 3.8) is 0 Å². The molecule has 1 N–H and O–H groups in total. The molecule has 2 rings (SSSR count). The minimum atomic E-state index is 0.696. The lowest BCUT2D eigenvalue weighted by Gasteiger charge is -2.15. The van der Waals surface area contributed by atoms with Crippen molar-refractivity contribution in [2.24, 2.45) is 0 Å². The molecule has 0 aliphatic carbocycles. The number of benzene rings is 1. The van der Waals surface area contributed by atoms with Gasteiger partial charge in [0.15, 0.2) is 0 Å². The molecule has 0 bridgehead atoms. The van der Waals surface area contributed by atoms with E-state index in [9.17, 15) is 0 Å². The molecule has 0 saturated carbocycles. The van der Waals surface area contributed by atoms with Crippen LogP contribution in [0.15, 0.2) is 30.6 Å². The Balaban J connectivity index is 2.27. The Labute approximate surface area is 124 Å². The Hall–Kier alpha value is -1.36. The highest BCUT2D eigenvalue weighted by atomic mass is 35.5. The highest BCUT2D eigenvalue weighted by Gasteiger charge is 2.11. The third-order valence-electron chi connectivity index (χ3n) is 3.14. The number of hydrogen-bond acceptors (Lipinski definition) is 3. The summed E-state index contributed by atoms with van der Waals surface area (Å²) in [6.45, 7) is 4.35. The highest BCUT2D eigenvalue weighted by Crippen LogP contribution is 2.25. The van der Waals surface area contributed by atoms with Crippen LogP contribution in [0, 0.1) is 0 Å². The van der Waals surface area contributed by atoms with Gasteiger partial charge in [0.05, 0.1) is 17.3 Å². The molecule has 1 aromatic carbocycles. The first-order valence-electron chi connectivity index (χ1n) is 6.77. The third-order valence-corrected chi connectivity index (χ3v) is 3.45. The van der Waals surface area contributed by atoms with Gasteiger partial charge in [0, 0.05) is 39.0 Å². The maximum Gasteiger partial charge on any atom is 0.112 e. The van der Waals surface area contributed by atoms with E-state index in [1.54, 1.807) is 7.11 Å². The van der Waals surface area contributed by atoms with Gasteiger partial charge in [0.2, 0.25) is 0 Å². The fraction of sp³-hybridized carbons (Fsp3) is 0.400. The SMILES string of the molecule is CCc1nccn1-c1c(Cl)cccc1CNCCOC. The van der Waals surface area contributed by atoms with Crippen LogP contribution in [0.2, 0.25) is 5.02 Å². The average Bonchev–Trinajstić information content (AvgIpc) is 2.91. The topological polar surface area (TPSA) is 39.1 Å². The molecule has 4 nitrogen and oxygen atoms in total. The lowest BCUT2D eigenvalue weighted by molar-refractivity contribution is 0.199. The first-order valence-corrected chi connectivity index (χ1v) is 7.15. The van der Waals surface area contributed by atoms with E-state index in [-0.39, 0.29) is 0 Å². The molecule has 1 heterocycles. The Morgan fingerprint density at radius 1 is 1.40 bits per heavy atom. The highest BCUT2D eigenvalue weighted by molar-refractivity contribution is 6.32. The molecule has 2 aromatic rings. The fourth-order valence-electron chi connectivity index (χ4n) is 2.17. The minimum Gasteiger partial charge on any atom is -0.383 e. The summed E-state index contributed by atoms with van der Waals surface area (Å²) < 4.78 is 7.10. The molecule has 0 fully saturated rings. The third kappa shape index (κ3) is 3.39. The molecule has 0 spiro atoms. The molecule has 20 heavy (non-hydrogen) atoms. The van der Waals surface area contributed by atoms with E-state index in [2.05, 4.69) is 27.9 Å². The predicted molar refractivity (Wildman–Crippen MR) is 81.5 cm³/mol. The largest absolute Gasteiger partial charge is 0.383 e. The Bertz CT molecular complexity index is 554. The van der Waals surface area contributed by atoms with Crippen LogP contribution in [0.3, 0.4) is 0 Å². The molecule has 0 saturated heterocycles. The zero-order valence-electron chi connectivity index (χ0n) is 11.9. The number of nitrogens with one attached hydrogen (secondary N) is 1. The van der Waals surface area contributed by atoms with Gasteiger partial charge in [-0.2, -0.15) is 0 Å². The molecule has 0 amide bonds. The van der Waals surface area contributed by atoms with Crippen molar-refractivity contribution in [2.45, 2.75) is 19.9 Å². The van der Waals surface area contributed by atoms with Crippen molar-refractivity contribution in [1.82, 2.24) is 14.9 Å². The summed E-state index contributed by atoms with van der Waals surface area (Å²) in [6.07, 6.45) is 4.64. The molecule has 0 aliphatic heterocycles. The molecular formula is C15H20ClN3O. The van der Waals surface area contributed by atoms with Crippen molar-refractivity contribution in [3.05, 3.63) is 47.0 Å². The molecule has 1 aromatic heterocycles. The Kier molecular flexibility index (Phi) is 5.59. The molecule has 0 radical (unpaired) electrons. The number of hydrogen-bond donors (Lipinski definition) is 1. The van der Waals surface area contributed by atoms with Gasteiger partial charge in [-0.3, -0.25) is 0 Å². The molecule has 5 heteroatoms. The van der Waals surface area contributed by atoms with Gasteiger partial charge >= 0.3 is 0 Å². The number of methoxy groups -OCH3 is 1. The van der Waals surface area contributed by atoms with Crippen molar-refractivity contribution >= 4 is 11.6 Å². The first-order chi connectivity index (χ1) is 9.77. The van der Waals surface area contributed by atoms with Crippen LogP contribution in [-0.2, 0) is 17.7 Å². The normalized spacial score (nSPS) is 10.9. The van der Waals surface area contributed by atoms with Crippen LogP contribution in [0.4, 0.5) is 0 Å². The van der Waals surface area contributed by atoms with E-state index in [1.807, 2.05) is 24.5 Å². The number of ether oxygens (including phenoxy) is 1. The molecular weight excluding hydrogens is 274 g/mol. The maximum atomic E-state index is 6.39. The van der Waals surface area contributed by atoms with Gasteiger partial charge in [-0.05, 0) is 11.6 Å². The van der Waals surface area contributed by atoms with E-state index >= 15 is 0 Å². The second-order valence-corrected chi connectivity index (χ2v) is 4.89. The molecule has 0 atom stereocenters. The van der Waals surface area contributed by atoms with Crippen molar-refractivity contribution < 1.29 is 4.74 Å². The fourth-order valence-corrected chi connectivity index (χ4v) is 2.45. The lowest BCUT2D eigenvalue weighted by atomic mass is 10.1. The van der Waals surface area contributed by atoms with Gasteiger partial charge in [-0.15, -0.1) is 0 Å². The van der Waals surface area contributed by atoms with E-state index < -0.39 is 0 Å². The van der Waals surface area contributed by atoms with Crippen molar-refractivity contribution in [3.8, 4) is 5.69 Å². The average molecular weight is 294 g/mol. The van der Waals surface area contributed by atoms with Gasteiger partial charge in [-0.1, -0.05) is 30.7 Å². The quantitative estimate of drug-likeness (QED) is 0.798. The molecule has 0 unspecified atom stereocenters. The van der Waals surface area contributed by atoms with Gasteiger partial charge in [0.1, 0.15) is 5.82 Å². The monoisotopic (exact) mass is 293 g/mol. The number of nitrogens with zero attached hydrogens (tertiary/aromatic N) is 2. The summed E-state index contributed by atoms with van der Waals surface area (Å²) in [5.41, 5.74) is 2.16. The molecule has 108 valence electrons. The lowest BCUT2D eigenvalue weighted by Crippen LogP contribution is -2.19. The summed E-state index contributed by atoms with van der Waals surface area (Å²) >= 11 is 6.39. The van der Waals surface area contributed by atoms with Crippen LogP contribution in [0.1, 0.15) is 18.3 Å². The standard InChI is InChI=1S/C15H20ClN3O/c1-3-14-18-7-9-19(14)15-12(5-4-6-13(15)16)11-17-8-10-20-2/h4-7,9,17H,3,8,10-11H2,1-2H3. The van der Waals surface area contributed by atoms with Crippen LogP contribution in [-0.4, -0.2) is 29.8 Å². The number of aromatic nitrogens is 2. The predicted octanol–water partition coefficient (Wildman–Crippen LogP) is 2.82. The number of rotatable bonds is 7. The summed E-state index contributed by atoms with van der Waals surface area (Å²) in [4.78, 5) is 4.37. The van der Waals surface area contributed by atoms with Crippen LogP contribution < -0.4 is 5.32 Å². The van der Waals surface area contributed by atoms with E-state index in [4.69, 9.17) is 16.3 Å². The number of halogens is 1. The van der Waals surface area contributed by atoms with Crippen LogP contribution in [0.5, 0.6) is 0 Å². The van der Waals surface area contributed by atoms with E-state index in [1.165, 1.54) is 0 Å². The molecule has 0 aliphatic rings. The van der Waals surface area contributed by atoms with Gasteiger partial charge in [-0.25, -0.2) is 4.98 Å². The number of imidazole rings is 1. The van der Waals surface area contributed by atoms with Crippen molar-refractivity contribution in [1.29, 1.82) is 0 Å². The zero-order valence-corrected chi connectivity index (χ0v) is 12.7. The second kappa shape index (κ2) is 7.43. The summed E-state index contributed by atoms with van der Waals surface area (Å²) in [5.74, 6) is 1.01. The zero-order chi connectivity index (χ0) is 14.4. The van der Waals surface area contributed by atoms with Crippen LogP contribution >= 0.6 is 11.6 Å². The second-order valence-electron chi connectivity index (χ2n) is 4.48. The smallest absolute Gasteiger partial charge is 0.112 e. The number of para-hydroxylation sites is 1. The van der Waals surface area contributed by atoms with E-state index in [0.29, 0.717) is 6.61 Å². The van der Waals surface area contributed by atoms with Crippen molar-refractivity contribution in [2.75, 3.05) is 20.3 Å². The van der Waals surface area contributed by atoms with Gasteiger partial charge in [0.25, 0.3) is 0 Å². The minimum absolute atomic E-state index is 0.696. The van der Waals surface area contributed by atoms with Crippen LogP contribution in [0.25, 0.3) is 5.69 Å². The summed E-state index contributed by atoms with van der Waals surface area (Å²) in [7, 11) is 1.70. The Morgan fingerprint density at radius 2 is 2.25 bits per heavy atom. The number of aryl methyl sites for hydroxylation is 1. The first kappa shape index (κ1) is 15.0. The summed E-state index contributed by atoms with van der Waals surface area (Å²) in [5, 5.41) is 4.09. The van der Waals surface area contributed by atoms with E-state index in [0.717, 1.165) is 41.6 Å². The maximum absolute atomic E-state index is 6.39. The summed E-state index contributed by atoms with van der Waals surface area (Å²) in [6, 6.07) is 5.97.